The van der Waals surface area contributed by atoms with Gasteiger partial charge in [-0.05, 0) is 30.5 Å². The van der Waals surface area contributed by atoms with Gasteiger partial charge >= 0.3 is 0 Å². The van der Waals surface area contributed by atoms with Crippen LogP contribution >= 0.6 is 0 Å². The highest BCUT2D eigenvalue weighted by molar-refractivity contribution is 5.94. The first-order valence-corrected chi connectivity index (χ1v) is 6.88. The van der Waals surface area contributed by atoms with Gasteiger partial charge in [0.05, 0.1) is 25.0 Å². The van der Waals surface area contributed by atoms with E-state index in [2.05, 4.69) is 15.5 Å². The molecule has 6 heteroatoms. The van der Waals surface area contributed by atoms with Gasteiger partial charge in [0.15, 0.2) is 0 Å². The Bertz CT molecular complexity index is 610. The molecule has 0 bridgehead atoms. The van der Waals surface area contributed by atoms with E-state index in [0.29, 0.717) is 17.7 Å². The van der Waals surface area contributed by atoms with Crippen molar-refractivity contribution in [2.45, 2.75) is 33.4 Å². The van der Waals surface area contributed by atoms with Gasteiger partial charge < -0.3 is 5.32 Å². The van der Waals surface area contributed by atoms with E-state index in [9.17, 15) is 9.18 Å². The van der Waals surface area contributed by atoms with Crippen molar-refractivity contribution in [2.24, 2.45) is 5.92 Å². The van der Waals surface area contributed by atoms with Crippen LogP contribution in [0.15, 0.2) is 30.6 Å². The minimum absolute atomic E-state index is 0.130. The number of rotatable bonds is 5. The predicted molar refractivity (Wildman–Crippen MR) is 77.3 cm³/mol. The molecule has 21 heavy (non-hydrogen) atoms. The standard InChI is InChI=1S/C15H19FN4O/c1-10(2)14(9-20-17-6-7-18-20)19-15(21)12-5-4-11(3)13(16)8-12/h4-8,10,14H,9H2,1-3H3,(H,19,21)/t14-/m0/s1. The summed E-state index contributed by atoms with van der Waals surface area (Å²) in [6.07, 6.45) is 3.18. The van der Waals surface area contributed by atoms with E-state index >= 15 is 0 Å². The van der Waals surface area contributed by atoms with Crippen molar-refractivity contribution in [3.8, 4) is 0 Å². The molecule has 0 spiro atoms. The number of amides is 1. The minimum Gasteiger partial charge on any atom is -0.347 e. The fourth-order valence-corrected chi connectivity index (χ4v) is 1.92. The smallest absolute Gasteiger partial charge is 0.251 e. The van der Waals surface area contributed by atoms with Crippen LogP contribution in [0.2, 0.25) is 0 Å². The van der Waals surface area contributed by atoms with Gasteiger partial charge in [0.1, 0.15) is 5.82 Å². The number of nitrogens with one attached hydrogen (secondary N) is 1. The predicted octanol–water partition coefficient (Wildman–Crippen LogP) is 2.18. The Balaban J connectivity index is 2.09. The van der Waals surface area contributed by atoms with Crippen LogP contribution in [0.3, 0.4) is 0 Å². The van der Waals surface area contributed by atoms with Gasteiger partial charge in [-0.2, -0.15) is 15.0 Å². The van der Waals surface area contributed by atoms with Crippen molar-refractivity contribution >= 4 is 5.91 Å². The molecule has 1 aromatic carbocycles. The van der Waals surface area contributed by atoms with E-state index in [1.807, 2.05) is 13.8 Å². The lowest BCUT2D eigenvalue weighted by molar-refractivity contribution is 0.0917. The van der Waals surface area contributed by atoms with Crippen molar-refractivity contribution in [1.82, 2.24) is 20.3 Å². The Morgan fingerprint density at radius 3 is 2.57 bits per heavy atom. The van der Waals surface area contributed by atoms with Gasteiger partial charge in [-0.15, -0.1) is 0 Å². The molecular weight excluding hydrogens is 271 g/mol. The van der Waals surface area contributed by atoms with E-state index < -0.39 is 0 Å². The fraction of sp³-hybridized carbons (Fsp3) is 0.400. The maximum absolute atomic E-state index is 13.5. The zero-order valence-electron chi connectivity index (χ0n) is 12.4. The SMILES string of the molecule is Cc1ccc(C(=O)N[C@@H](Cn2nccn2)C(C)C)cc1F. The number of nitrogens with zero attached hydrogens (tertiary/aromatic N) is 3. The maximum atomic E-state index is 13.5. The molecule has 1 heterocycles. The summed E-state index contributed by atoms with van der Waals surface area (Å²) in [5.74, 6) is -0.465. The molecule has 0 aliphatic carbocycles. The van der Waals surface area contributed by atoms with Gasteiger partial charge in [-0.3, -0.25) is 4.79 Å². The van der Waals surface area contributed by atoms with Gasteiger partial charge in [-0.1, -0.05) is 19.9 Å². The summed E-state index contributed by atoms with van der Waals surface area (Å²) >= 11 is 0. The first-order chi connectivity index (χ1) is 9.97. The lowest BCUT2D eigenvalue weighted by Crippen LogP contribution is -2.42. The van der Waals surface area contributed by atoms with E-state index in [0.717, 1.165) is 0 Å². The molecule has 5 nitrogen and oxygen atoms in total. The number of aromatic nitrogens is 3. The number of carbonyl (C=O) groups excluding carboxylic acids is 1. The maximum Gasteiger partial charge on any atom is 0.251 e. The van der Waals surface area contributed by atoms with E-state index in [1.54, 1.807) is 31.5 Å². The normalized spacial score (nSPS) is 12.4. The molecule has 2 rings (SSSR count). The van der Waals surface area contributed by atoms with Crippen molar-refractivity contribution in [1.29, 1.82) is 0 Å². The number of hydrogen-bond donors (Lipinski definition) is 1. The summed E-state index contributed by atoms with van der Waals surface area (Å²) in [5.41, 5.74) is 0.838. The third-order valence-electron chi connectivity index (χ3n) is 3.38. The summed E-state index contributed by atoms with van der Waals surface area (Å²) in [6.45, 7) is 6.15. The Hall–Kier alpha value is -2.24. The molecule has 0 fully saturated rings. The Morgan fingerprint density at radius 2 is 2.00 bits per heavy atom. The van der Waals surface area contributed by atoms with Crippen molar-refractivity contribution in [2.75, 3.05) is 0 Å². The van der Waals surface area contributed by atoms with E-state index in [1.165, 1.54) is 10.9 Å². The molecule has 1 amide bonds. The summed E-state index contributed by atoms with van der Waals surface area (Å²) in [5, 5.41) is 11.0. The van der Waals surface area contributed by atoms with Crippen molar-refractivity contribution in [3.63, 3.8) is 0 Å². The highest BCUT2D eigenvalue weighted by atomic mass is 19.1. The number of benzene rings is 1. The van der Waals surface area contributed by atoms with E-state index in [-0.39, 0.29) is 23.7 Å². The van der Waals surface area contributed by atoms with Crippen LogP contribution in [-0.4, -0.2) is 26.9 Å². The van der Waals surface area contributed by atoms with Crippen LogP contribution in [0.4, 0.5) is 4.39 Å². The molecule has 0 unspecified atom stereocenters. The molecular formula is C15H19FN4O. The molecule has 0 aliphatic rings. The highest BCUT2D eigenvalue weighted by Gasteiger charge is 2.19. The molecule has 0 saturated heterocycles. The molecule has 0 radical (unpaired) electrons. The minimum atomic E-state index is -0.377. The van der Waals surface area contributed by atoms with Crippen LogP contribution in [-0.2, 0) is 6.54 Å². The largest absolute Gasteiger partial charge is 0.347 e. The highest BCUT2D eigenvalue weighted by Crippen LogP contribution is 2.11. The molecule has 0 saturated carbocycles. The monoisotopic (exact) mass is 290 g/mol. The van der Waals surface area contributed by atoms with Crippen LogP contribution in [0, 0.1) is 18.7 Å². The third-order valence-corrected chi connectivity index (χ3v) is 3.38. The van der Waals surface area contributed by atoms with Crippen LogP contribution in [0.25, 0.3) is 0 Å². The molecule has 112 valence electrons. The third kappa shape index (κ3) is 3.87. The lowest BCUT2D eigenvalue weighted by Gasteiger charge is -2.22. The van der Waals surface area contributed by atoms with Gasteiger partial charge in [0.25, 0.3) is 5.91 Å². The second-order valence-corrected chi connectivity index (χ2v) is 5.37. The summed E-state index contributed by atoms with van der Waals surface area (Å²) < 4.78 is 13.5. The molecule has 2 aromatic rings. The number of hydrogen-bond acceptors (Lipinski definition) is 3. The Kier molecular flexibility index (Phi) is 4.67. The van der Waals surface area contributed by atoms with Crippen molar-refractivity contribution < 1.29 is 9.18 Å². The van der Waals surface area contributed by atoms with Gasteiger partial charge in [0.2, 0.25) is 0 Å². The van der Waals surface area contributed by atoms with Crippen LogP contribution < -0.4 is 5.32 Å². The van der Waals surface area contributed by atoms with Gasteiger partial charge in [-0.25, -0.2) is 4.39 Å². The topological polar surface area (TPSA) is 59.8 Å². The first-order valence-electron chi connectivity index (χ1n) is 6.88. The number of aryl methyl sites for hydroxylation is 1. The zero-order chi connectivity index (χ0) is 15.4. The molecule has 1 aromatic heterocycles. The summed E-state index contributed by atoms with van der Waals surface area (Å²) in [4.78, 5) is 13.8. The first kappa shape index (κ1) is 15.2. The van der Waals surface area contributed by atoms with Crippen LogP contribution in [0.1, 0.15) is 29.8 Å². The number of carbonyl (C=O) groups is 1. The quantitative estimate of drug-likeness (QED) is 0.918. The summed E-state index contributed by atoms with van der Waals surface area (Å²) in [6, 6.07) is 4.35. The zero-order valence-corrected chi connectivity index (χ0v) is 12.4. The average molecular weight is 290 g/mol. The Labute approximate surface area is 123 Å². The molecule has 0 aliphatic heterocycles. The fourth-order valence-electron chi connectivity index (χ4n) is 1.92. The molecule has 1 atom stereocenters. The second-order valence-electron chi connectivity index (χ2n) is 5.37. The van der Waals surface area contributed by atoms with Crippen molar-refractivity contribution in [3.05, 3.63) is 47.5 Å². The molecule has 1 N–H and O–H groups in total. The average Bonchev–Trinajstić information content (AvgIpc) is 2.93. The lowest BCUT2D eigenvalue weighted by atomic mass is 10.0. The van der Waals surface area contributed by atoms with Crippen LogP contribution in [0.5, 0.6) is 0 Å². The second kappa shape index (κ2) is 6.47. The number of halogens is 1. The van der Waals surface area contributed by atoms with E-state index in [4.69, 9.17) is 0 Å². The summed E-state index contributed by atoms with van der Waals surface area (Å²) in [7, 11) is 0. The Morgan fingerprint density at radius 1 is 1.33 bits per heavy atom. The van der Waals surface area contributed by atoms with Gasteiger partial charge in [0, 0.05) is 5.56 Å².